The molecule has 0 aliphatic carbocycles. The Morgan fingerprint density at radius 2 is 1.70 bits per heavy atom. The fraction of sp³-hybridized carbons (Fsp3) is 0.622. The smallest absolute Gasteiger partial charge is 0.416 e. The molecule has 4 heterocycles. The first-order valence-corrected chi connectivity index (χ1v) is 17.6. The molecular formula is C37H47F4N3O6. The zero-order chi connectivity index (χ0) is 35.6. The molecule has 13 heteroatoms. The zero-order valence-corrected chi connectivity index (χ0v) is 28.7. The molecule has 4 fully saturated rings. The second-order valence-corrected chi connectivity index (χ2v) is 14.1. The van der Waals surface area contributed by atoms with Gasteiger partial charge in [-0.1, -0.05) is 18.2 Å². The van der Waals surface area contributed by atoms with E-state index in [-0.39, 0.29) is 51.3 Å². The lowest BCUT2D eigenvalue weighted by molar-refractivity contribution is -0.143. The number of ether oxygens (including phenoxy) is 3. The summed E-state index contributed by atoms with van der Waals surface area (Å²) in [5.41, 5.74) is -1.33. The number of piperidine rings is 1. The lowest BCUT2D eigenvalue weighted by Crippen LogP contribution is -2.50. The van der Waals surface area contributed by atoms with Crippen LogP contribution >= 0.6 is 0 Å². The average molecular weight is 706 g/mol. The van der Waals surface area contributed by atoms with Crippen LogP contribution in [-0.2, 0) is 25.2 Å². The molecule has 2 aromatic rings. The number of carbonyl (C=O) groups is 2. The Morgan fingerprint density at radius 1 is 1.00 bits per heavy atom. The Labute approximate surface area is 290 Å². The highest BCUT2D eigenvalue weighted by Crippen LogP contribution is 2.46. The number of alkyl halides is 4. The van der Waals surface area contributed by atoms with Gasteiger partial charge in [-0.25, -0.2) is 4.39 Å². The molecule has 2 aromatic carbocycles. The maximum Gasteiger partial charge on any atom is 0.416 e. The van der Waals surface area contributed by atoms with Crippen LogP contribution in [0.15, 0.2) is 42.5 Å². The summed E-state index contributed by atoms with van der Waals surface area (Å²) in [7, 11) is 1.56. The minimum Gasteiger partial charge on any atom is -0.497 e. The highest BCUT2D eigenvalue weighted by Gasteiger charge is 2.57. The van der Waals surface area contributed by atoms with Crippen molar-refractivity contribution >= 4 is 17.6 Å². The molecule has 0 saturated carbocycles. The average Bonchev–Trinajstić information content (AvgIpc) is 3.72. The van der Waals surface area contributed by atoms with Crippen molar-refractivity contribution in [3.05, 3.63) is 59.2 Å². The van der Waals surface area contributed by atoms with Gasteiger partial charge in [0.2, 0.25) is 5.67 Å². The maximum atomic E-state index is 17.8. The van der Waals surface area contributed by atoms with Gasteiger partial charge in [-0.3, -0.25) is 14.5 Å². The van der Waals surface area contributed by atoms with Crippen molar-refractivity contribution in [3.8, 4) is 5.75 Å². The van der Waals surface area contributed by atoms with E-state index < -0.39 is 47.0 Å². The van der Waals surface area contributed by atoms with Gasteiger partial charge < -0.3 is 29.1 Å². The van der Waals surface area contributed by atoms with Crippen molar-refractivity contribution in [3.63, 3.8) is 0 Å². The number of methoxy groups -OCH3 is 1. The lowest BCUT2D eigenvalue weighted by atomic mass is 9.85. The van der Waals surface area contributed by atoms with E-state index in [4.69, 9.17) is 14.2 Å². The summed E-state index contributed by atoms with van der Waals surface area (Å²) in [6, 6.07) is 10.9. The molecule has 9 nitrogen and oxygen atoms in total. The van der Waals surface area contributed by atoms with E-state index in [9.17, 15) is 27.9 Å². The van der Waals surface area contributed by atoms with Crippen molar-refractivity contribution in [1.82, 2.24) is 9.80 Å². The van der Waals surface area contributed by atoms with Crippen molar-refractivity contribution in [2.24, 2.45) is 11.8 Å². The van der Waals surface area contributed by atoms with Gasteiger partial charge in [0.05, 0.1) is 25.2 Å². The van der Waals surface area contributed by atoms with Crippen LogP contribution in [0.5, 0.6) is 5.75 Å². The van der Waals surface area contributed by atoms with Crippen LogP contribution < -0.4 is 9.64 Å². The van der Waals surface area contributed by atoms with E-state index in [1.807, 2.05) is 24.0 Å². The quantitative estimate of drug-likeness (QED) is 0.321. The van der Waals surface area contributed by atoms with Gasteiger partial charge in [0.1, 0.15) is 5.75 Å². The molecule has 0 spiro atoms. The number of carbonyl (C=O) groups excluding carboxylic acids is 1. The minimum atomic E-state index is -4.58. The van der Waals surface area contributed by atoms with E-state index in [0.29, 0.717) is 61.8 Å². The number of amides is 1. The molecule has 4 aliphatic heterocycles. The Bertz CT molecular complexity index is 1500. The summed E-state index contributed by atoms with van der Waals surface area (Å²) in [4.78, 5) is 31.7. The number of nitrogens with zero attached hydrogens (tertiary/aromatic N) is 3. The second-order valence-electron chi connectivity index (χ2n) is 14.1. The topological polar surface area (TPSA) is 91.8 Å². The van der Waals surface area contributed by atoms with Gasteiger partial charge in [-0.15, -0.1) is 0 Å². The highest BCUT2D eigenvalue weighted by molar-refractivity contribution is 5.88. The number of anilines is 1. The monoisotopic (exact) mass is 705 g/mol. The number of benzene rings is 2. The molecule has 4 aliphatic rings. The highest BCUT2D eigenvalue weighted by atomic mass is 19.4. The number of carboxylic acid groups (broad SMARTS) is 1. The molecule has 6 rings (SSSR count). The normalized spacial score (nSPS) is 27.2. The third-order valence-electron chi connectivity index (χ3n) is 11.2. The molecule has 0 unspecified atom stereocenters. The number of halogens is 4. The minimum absolute atomic E-state index is 0.0610. The van der Waals surface area contributed by atoms with Crippen molar-refractivity contribution in [2.75, 3.05) is 77.7 Å². The molecule has 1 N–H and O–H groups in total. The Kier molecular flexibility index (Phi) is 10.9. The van der Waals surface area contributed by atoms with Crippen LogP contribution in [0.2, 0.25) is 0 Å². The molecule has 0 radical (unpaired) electrons. The number of rotatable bonds is 10. The summed E-state index contributed by atoms with van der Waals surface area (Å²) in [5, 5.41) is 9.52. The van der Waals surface area contributed by atoms with Crippen LogP contribution in [0, 0.1) is 11.8 Å². The summed E-state index contributed by atoms with van der Waals surface area (Å²) >= 11 is 0. The fourth-order valence-electron chi connectivity index (χ4n) is 8.37. The third kappa shape index (κ3) is 7.45. The van der Waals surface area contributed by atoms with E-state index >= 15 is 4.39 Å². The first-order chi connectivity index (χ1) is 23.9. The Balaban J connectivity index is 1.32. The SMILES string of the molecule is CCOC[C@H]1CN(C(=O)[C@]2(F)CN(C3CCOCC3)C[C@H]2c2ccc(OC)cc2)C[C@@H]1c1ccc(C(F)(F)F)cc1N1CCC(C(=O)O)CC1. The molecule has 0 aromatic heterocycles. The standard InChI is InChI=1S/C37H47F4N3O6/c1-3-49-22-26-19-43(20-31(26)30-9-6-27(37(39,40)41)18-33(30)42-14-10-25(11-15-42)34(45)46)35(47)36(38)23-44(28-12-16-50-17-13-28)21-32(36)24-4-7-29(48-2)8-5-24/h4-9,18,25-26,28,31-32H,3,10-17,19-23H2,1-2H3,(H,45,46)/t26-,31+,32+,36+/m1/s1. The molecule has 50 heavy (non-hydrogen) atoms. The fourth-order valence-corrected chi connectivity index (χ4v) is 8.37. The van der Waals surface area contributed by atoms with E-state index in [1.54, 1.807) is 24.1 Å². The molecule has 4 saturated heterocycles. The molecule has 274 valence electrons. The zero-order valence-electron chi connectivity index (χ0n) is 28.7. The van der Waals surface area contributed by atoms with Crippen molar-refractivity contribution in [2.45, 2.75) is 62.3 Å². The van der Waals surface area contributed by atoms with Crippen LogP contribution in [-0.4, -0.2) is 111 Å². The van der Waals surface area contributed by atoms with E-state index in [2.05, 4.69) is 4.90 Å². The third-order valence-corrected chi connectivity index (χ3v) is 11.2. The summed E-state index contributed by atoms with van der Waals surface area (Å²) in [5.74, 6) is -2.90. The van der Waals surface area contributed by atoms with Crippen LogP contribution in [0.1, 0.15) is 61.1 Å². The predicted octanol–water partition coefficient (Wildman–Crippen LogP) is 5.58. The van der Waals surface area contributed by atoms with Gasteiger partial charge in [-0.05, 0) is 68.0 Å². The number of aliphatic carboxylic acids is 1. The van der Waals surface area contributed by atoms with Crippen molar-refractivity contribution in [1.29, 1.82) is 0 Å². The molecule has 4 atom stereocenters. The first-order valence-electron chi connectivity index (χ1n) is 17.6. The number of hydrogen-bond acceptors (Lipinski definition) is 7. The van der Waals surface area contributed by atoms with Gasteiger partial charge in [0, 0.05) is 88.6 Å². The first kappa shape index (κ1) is 36.4. The van der Waals surface area contributed by atoms with E-state index in [0.717, 1.165) is 25.0 Å². The molecular weight excluding hydrogens is 658 g/mol. The van der Waals surface area contributed by atoms with Gasteiger partial charge in [0.25, 0.3) is 5.91 Å². The van der Waals surface area contributed by atoms with Gasteiger partial charge in [-0.2, -0.15) is 13.2 Å². The second kappa shape index (κ2) is 15.1. The van der Waals surface area contributed by atoms with Crippen LogP contribution in [0.25, 0.3) is 0 Å². The Hall–Kier alpha value is -3.42. The number of carboxylic acids is 1. The maximum absolute atomic E-state index is 17.8. The predicted molar refractivity (Wildman–Crippen MR) is 178 cm³/mol. The Morgan fingerprint density at radius 3 is 2.32 bits per heavy atom. The number of hydrogen-bond donors (Lipinski definition) is 1. The van der Waals surface area contributed by atoms with E-state index in [1.165, 1.54) is 6.07 Å². The number of likely N-dealkylation sites (tertiary alicyclic amines) is 2. The van der Waals surface area contributed by atoms with Crippen molar-refractivity contribution < 1.29 is 46.5 Å². The van der Waals surface area contributed by atoms with Crippen LogP contribution in [0.3, 0.4) is 0 Å². The van der Waals surface area contributed by atoms with Gasteiger partial charge >= 0.3 is 12.1 Å². The van der Waals surface area contributed by atoms with Gasteiger partial charge in [0.15, 0.2) is 0 Å². The largest absolute Gasteiger partial charge is 0.497 e. The summed E-state index contributed by atoms with van der Waals surface area (Å²) in [6.07, 6.45) is -2.46. The molecule has 1 amide bonds. The summed E-state index contributed by atoms with van der Waals surface area (Å²) in [6.45, 7) is 4.88. The molecule has 0 bridgehead atoms. The lowest BCUT2D eigenvalue weighted by Gasteiger charge is -2.35. The van der Waals surface area contributed by atoms with Crippen LogP contribution in [0.4, 0.5) is 23.2 Å². The summed E-state index contributed by atoms with van der Waals surface area (Å²) < 4.78 is 76.5.